The number of hydrogen-bond acceptors (Lipinski definition) is 5. The third kappa shape index (κ3) is 7.17. The van der Waals surface area contributed by atoms with Crippen LogP contribution in [0.2, 0.25) is 0 Å². The molecule has 0 bridgehead atoms. The zero-order chi connectivity index (χ0) is 15.7. The summed E-state index contributed by atoms with van der Waals surface area (Å²) < 4.78 is 31.9. The van der Waals surface area contributed by atoms with Gasteiger partial charge in [-0.3, -0.25) is 0 Å². The van der Waals surface area contributed by atoms with Crippen LogP contribution in [-0.4, -0.2) is 33.0 Å². The molecular formula is C14H24N2O3S2. The van der Waals surface area contributed by atoms with Crippen LogP contribution in [0.4, 0.5) is 0 Å². The van der Waals surface area contributed by atoms with Gasteiger partial charge in [-0.15, -0.1) is 6.58 Å². The van der Waals surface area contributed by atoms with Crippen molar-refractivity contribution >= 4 is 21.8 Å². The number of furan rings is 1. The van der Waals surface area contributed by atoms with Crippen molar-refractivity contribution in [3.8, 4) is 0 Å². The third-order valence-electron chi connectivity index (χ3n) is 2.53. The van der Waals surface area contributed by atoms with E-state index in [1.165, 1.54) is 6.07 Å². The molecule has 120 valence electrons. The van der Waals surface area contributed by atoms with E-state index in [0.29, 0.717) is 30.5 Å². The summed E-state index contributed by atoms with van der Waals surface area (Å²) in [5.74, 6) is 2.68. The largest absolute Gasteiger partial charge is 0.447 e. The van der Waals surface area contributed by atoms with E-state index in [-0.39, 0.29) is 5.09 Å². The van der Waals surface area contributed by atoms with Gasteiger partial charge < -0.3 is 9.73 Å². The van der Waals surface area contributed by atoms with Gasteiger partial charge in [-0.1, -0.05) is 19.9 Å². The Morgan fingerprint density at radius 3 is 2.86 bits per heavy atom. The van der Waals surface area contributed by atoms with Crippen LogP contribution in [0.1, 0.15) is 19.6 Å². The number of nitrogens with one attached hydrogen (secondary N) is 2. The van der Waals surface area contributed by atoms with Gasteiger partial charge in [0.2, 0.25) is 5.09 Å². The smallest absolute Gasteiger partial charge is 0.273 e. The molecule has 0 atom stereocenters. The number of hydrogen-bond donors (Lipinski definition) is 2. The molecule has 0 aromatic carbocycles. The van der Waals surface area contributed by atoms with Crippen molar-refractivity contribution in [3.63, 3.8) is 0 Å². The molecule has 0 radical (unpaired) electrons. The van der Waals surface area contributed by atoms with E-state index in [1.807, 2.05) is 0 Å². The third-order valence-corrected chi connectivity index (χ3v) is 4.83. The summed E-state index contributed by atoms with van der Waals surface area (Å²) >= 11 is 1.62. The van der Waals surface area contributed by atoms with Gasteiger partial charge in [-0.25, -0.2) is 13.1 Å². The molecule has 21 heavy (non-hydrogen) atoms. The van der Waals surface area contributed by atoms with E-state index in [0.717, 1.165) is 12.3 Å². The van der Waals surface area contributed by atoms with Crippen molar-refractivity contribution in [1.29, 1.82) is 0 Å². The molecule has 1 rings (SSSR count). The Bertz CT molecular complexity index is 524. The minimum absolute atomic E-state index is 0.0300. The minimum Gasteiger partial charge on any atom is -0.447 e. The van der Waals surface area contributed by atoms with Crippen molar-refractivity contribution in [2.24, 2.45) is 5.92 Å². The second kappa shape index (κ2) is 9.30. The summed E-state index contributed by atoms with van der Waals surface area (Å²) in [5.41, 5.74) is 0. The zero-order valence-corrected chi connectivity index (χ0v) is 14.2. The molecule has 2 N–H and O–H groups in total. The molecule has 0 aliphatic heterocycles. The first-order chi connectivity index (χ1) is 9.95. The normalized spacial score (nSPS) is 12.0. The Balaban J connectivity index is 2.44. The Kier molecular flexibility index (Phi) is 8.10. The molecule has 0 aliphatic carbocycles. The number of thioether (sulfide) groups is 1. The number of sulfonamides is 1. The van der Waals surface area contributed by atoms with Crippen molar-refractivity contribution in [2.45, 2.75) is 25.5 Å². The van der Waals surface area contributed by atoms with Crippen molar-refractivity contribution in [2.75, 3.05) is 24.6 Å². The summed E-state index contributed by atoms with van der Waals surface area (Å²) in [5, 5.41) is 3.18. The summed E-state index contributed by atoms with van der Waals surface area (Å²) in [6.07, 6.45) is 1.79. The molecule has 0 saturated heterocycles. The molecule has 0 aliphatic rings. The Labute approximate surface area is 131 Å². The maximum absolute atomic E-state index is 12.0. The SMILES string of the molecule is C=CCSCCNS(=O)(=O)c1ccc(CNCC(C)C)o1. The molecule has 0 fully saturated rings. The van der Waals surface area contributed by atoms with Crippen molar-refractivity contribution < 1.29 is 12.8 Å². The highest BCUT2D eigenvalue weighted by Gasteiger charge is 2.17. The quantitative estimate of drug-likeness (QED) is 0.480. The van der Waals surface area contributed by atoms with Gasteiger partial charge >= 0.3 is 0 Å². The predicted molar refractivity (Wildman–Crippen MR) is 88.0 cm³/mol. The van der Waals surface area contributed by atoms with E-state index in [1.54, 1.807) is 23.9 Å². The molecule has 0 saturated carbocycles. The lowest BCUT2D eigenvalue weighted by Crippen LogP contribution is -2.25. The maximum Gasteiger partial charge on any atom is 0.273 e. The highest BCUT2D eigenvalue weighted by atomic mass is 32.2. The zero-order valence-electron chi connectivity index (χ0n) is 12.6. The van der Waals surface area contributed by atoms with Gasteiger partial charge in [-0.2, -0.15) is 11.8 Å². The molecule has 1 aromatic heterocycles. The first-order valence-corrected chi connectivity index (χ1v) is 9.57. The van der Waals surface area contributed by atoms with Crippen LogP contribution in [0.25, 0.3) is 0 Å². The van der Waals surface area contributed by atoms with E-state index < -0.39 is 10.0 Å². The fourth-order valence-electron chi connectivity index (χ4n) is 1.57. The molecule has 0 amide bonds. The molecule has 5 nitrogen and oxygen atoms in total. The van der Waals surface area contributed by atoms with E-state index >= 15 is 0 Å². The van der Waals surface area contributed by atoms with Gasteiger partial charge in [0.1, 0.15) is 5.76 Å². The highest BCUT2D eigenvalue weighted by Crippen LogP contribution is 2.13. The first kappa shape index (κ1) is 18.3. The Hall–Kier alpha value is -0.760. The Morgan fingerprint density at radius 1 is 1.43 bits per heavy atom. The fraction of sp³-hybridized carbons (Fsp3) is 0.571. The van der Waals surface area contributed by atoms with Crippen LogP contribution in [-0.2, 0) is 16.6 Å². The standard InChI is InChI=1S/C14H24N2O3S2/c1-4-8-20-9-7-16-21(17,18)14-6-5-13(19-14)11-15-10-12(2)3/h4-6,12,15-16H,1,7-11H2,2-3H3. The van der Waals surface area contributed by atoms with Crippen LogP contribution in [0.15, 0.2) is 34.3 Å². The average Bonchev–Trinajstić information content (AvgIpc) is 2.87. The van der Waals surface area contributed by atoms with Crippen LogP contribution >= 0.6 is 11.8 Å². The lowest BCUT2D eigenvalue weighted by molar-refractivity contribution is 0.395. The van der Waals surface area contributed by atoms with E-state index in [2.05, 4.69) is 30.5 Å². The van der Waals surface area contributed by atoms with Crippen LogP contribution in [0.5, 0.6) is 0 Å². The topological polar surface area (TPSA) is 71.3 Å². The van der Waals surface area contributed by atoms with E-state index in [4.69, 9.17) is 4.42 Å². The second-order valence-corrected chi connectivity index (χ2v) is 7.85. The summed E-state index contributed by atoms with van der Waals surface area (Å²) in [4.78, 5) is 0. The molecule has 0 spiro atoms. The summed E-state index contributed by atoms with van der Waals surface area (Å²) in [6, 6.07) is 3.18. The highest BCUT2D eigenvalue weighted by molar-refractivity contribution is 7.99. The van der Waals surface area contributed by atoms with Gasteiger partial charge in [0, 0.05) is 18.1 Å². The summed E-state index contributed by atoms with van der Waals surface area (Å²) in [7, 11) is -3.55. The number of rotatable bonds is 11. The first-order valence-electron chi connectivity index (χ1n) is 6.93. The van der Waals surface area contributed by atoms with Crippen molar-refractivity contribution in [1.82, 2.24) is 10.0 Å². The van der Waals surface area contributed by atoms with Gasteiger partial charge in [0.05, 0.1) is 6.54 Å². The second-order valence-electron chi connectivity index (χ2n) is 5.01. The van der Waals surface area contributed by atoms with Gasteiger partial charge in [0.15, 0.2) is 0 Å². The van der Waals surface area contributed by atoms with Gasteiger partial charge in [-0.05, 0) is 24.6 Å². The monoisotopic (exact) mass is 332 g/mol. The fourth-order valence-corrected chi connectivity index (χ4v) is 3.25. The predicted octanol–water partition coefficient (Wildman–Crippen LogP) is 2.22. The molecule has 0 unspecified atom stereocenters. The lowest BCUT2D eigenvalue weighted by atomic mass is 10.2. The molecule has 1 aromatic rings. The maximum atomic E-state index is 12.0. The average molecular weight is 332 g/mol. The summed E-state index contributed by atoms with van der Waals surface area (Å²) in [6.45, 7) is 9.60. The molecule has 1 heterocycles. The van der Waals surface area contributed by atoms with E-state index in [9.17, 15) is 8.42 Å². The van der Waals surface area contributed by atoms with Crippen LogP contribution < -0.4 is 10.0 Å². The van der Waals surface area contributed by atoms with Gasteiger partial charge in [0.25, 0.3) is 10.0 Å². The van der Waals surface area contributed by atoms with Crippen LogP contribution in [0, 0.1) is 5.92 Å². The van der Waals surface area contributed by atoms with Crippen LogP contribution in [0.3, 0.4) is 0 Å². The minimum atomic E-state index is -3.55. The molecular weight excluding hydrogens is 308 g/mol. The Morgan fingerprint density at radius 2 is 2.19 bits per heavy atom. The van der Waals surface area contributed by atoms with Crippen molar-refractivity contribution in [3.05, 3.63) is 30.5 Å². The molecule has 7 heteroatoms. The lowest BCUT2D eigenvalue weighted by Gasteiger charge is -2.05.